The van der Waals surface area contributed by atoms with Crippen molar-refractivity contribution in [2.75, 3.05) is 13.2 Å². The molecule has 1 heterocycles. The van der Waals surface area contributed by atoms with Crippen LogP contribution in [-0.2, 0) is 16.1 Å². The maximum Gasteiger partial charge on any atom is 0.309 e. The van der Waals surface area contributed by atoms with E-state index in [1.807, 2.05) is 49.4 Å². The summed E-state index contributed by atoms with van der Waals surface area (Å²) < 4.78 is 11.3. The number of para-hydroxylation sites is 2. The lowest BCUT2D eigenvalue weighted by Crippen LogP contribution is -2.45. The average molecular weight is 340 g/mol. The highest BCUT2D eigenvalue weighted by molar-refractivity contribution is 6.35. The van der Waals surface area contributed by atoms with E-state index in [4.69, 9.17) is 9.47 Å². The fourth-order valence-electron chi connectivity index (χ4n) is 2.42. The van der Waals surface area contributed by atoms with Crippen LogP contribution in [0.5, 0.6) is 11.5 Å². The highest BCUT2D eigenvalue weighted by Crippen LogP contribution is 2.30. The Hall–Kier alpha value is -3.02. The smallest absolute Gasteiger partial charge is 0.309 e. The van der Waals surface area contributed by atoms with Crippen LogP contribution in [0.1, 0.15) is 11.1 Å². The molecule has 2 aromatic rings. The fourth-order valence-corrected chi connectivity index (χ4v) is 2.42. The average Bonchev–Trinajstić information content (AvgIpc) is 2.65. The molecular weight excluding hydrogens is 320 g/mol. The maximum atomic E-state index is 11.9. The summed E-state index contributed by atoms with van der Waals surface area (Å²) in [7, 11) is 0. The topological polar surface area (TPSA) is 76.7 Å². The maximum absolute atomic E-state index is 11.9. The van der Waals surface area contributed by atoms with Gasteiger partial charge in [0.25, 0.3) is 0 Å². The number of carbonyl (C=O) groups excluding carboxylic acids is 2. The molecule has 2 N–H and O–H groups in total. The van der Waals surface area contributed by atoms with Gasteiger partial charge in [0.1, 0.15) is 12.7 Å². The Bertz CT molecular complexity index is 758. The third kappa shape index (κ3) is 4.50. The number of aryl methyl sites for hydroxylation is 1. The third-order valence-electron chi connectivity index (χ3n) is 3.84. The molecule has 0 aliphatic carbocycles. The SMILES string of the molecule is Cc1ccc(CNC(=O)C(=O)NCC2COc3ccccc3O2)cc1. The van der Waals surface area contributed by atoms with Gasteiger partial charge in [-0.15, -0.1) is 0 Å². The third-order valence-corrected chi connectivity index (χ3v) is 3.84. The second kappa shape index (κ2) is 7.70. The Balaban J connectivity index is 1.43. The summed E-state index contributed by atoms with van der Waals surface area (Å²) in [6, 6.07) is 15.1. The molecule has 2 aromatic carbocycles. The minimum atomic E-state index is -0.686. The van der Waals surface area contributed by atoms with E-state index in [2.05, 4.69) is 10.6 Å². The highest BCUT2D eigenvalue weighted by Gasteiger charge is 2.22. The molecule has 0 bridgehead atoms. The van der Waals surface area contributed by atoms with Crippen molar-refractivity contribution in [1.82, 2.24) is 10.6 Å². The van der Waals surface area contributed by atoms with Gasteiger partial charge in [0.05, 0.1) is 6.54 Å². The van der Waals surface area contributed by atoms with Gasteiger partial charge in [0.2, 0.25) is 0 Å². The number of hydrogen-bond donors (Lipinski definition) is 2. The summed E-state index contributed by atoms with van der Waals surface area (Å²) in [6.45, 7) is 2.82. The first-order valence-electron chi connectivity index (χ1n) is 8.12. The molecule has 2 amide bonds. The molecule has 25 heavy (non-hydrogen) atoms. The molecule has 6 nitrogen and oxygen atoms in total. The van der Waals surface area contributed by atoms with Crippen molar-refractivity contribution in [2.45, 2.75) is 19.6 Å². The van der Waals surface area contributed by atoms with Gasteiger partial charge in [-0.3, -0.25) is 9.59 Å². The summed E-state index contributed by atoms with van der Waals surface area (Å²) in [4.78, 5) is 23.7. The van der Waals surface area contributed by atoms with Crippen molar-refractivity contribution in [3.8, 4) is 11.5 Å². The van der Waals surface area contributed by atoms with Crippen molar-refractivity contribution in [3.63, 3.8) is 0 Å². The summed E-state index contributed by atoms with van der Waals surface area (Å²) in [5.41, 5.74) is 2.08. The number of carbonyl (C=O) groups is 2. The van der Waals surface area contributed by atoms with Crippen molar-refractivity contribution in [1.29, 1.82) is 0 Å². The number of fused-ring (bicyclic) bond motifs is 1. The van der Waals surface area contributed by atoms with Gasteiger partial charge < -0.3 is 20.1 Å². The van der Waals surface area contributed by atoms with E-state index in [1.165, 1.54) is 0 Å². The van der Waals surface area contributed by atoms with Crippen LogP contribution in [0.25, 0.3) is 0 Å². The quantitative estimate of drug-likeness (QED) is 0.829. The Kier molecular flexibility index (Phi) is 5.18. The zero-order chi connectivity index (χ0) is 17.6. The predicted octanol–water partition coefficient (Wildman–Crippen LogP) is 1.57. The van der Waals surface area contributed by atoms with Crippen molar-refractivity contribution < 1.29 is 19.1 Å². The number of benzene rings is 2. The molecule has 0 spiro atoms. The molecule has 1 aliphatic rings. The normalized spacial score (nSPS) is 15.3. The molecule has 130 valence electrons. The standard InChI is InChI=1S/C19H20N2O4/c1-13-6-8-14(9-7-13)10-20-18(22)19(23)21-11-15-12-24-16-4-2-3-5-17(16)25-15/h2-9,15H,10-12H2,1H3,(H,20,22)(H,21,23). The Morgan fingerprint density at radius 1 is 1.00 bits per heavy atom. The molecule has 0 aromatic heterocycles. The molecule has 0 fully saturated rings. The van der Waals surface area contributed by atoms with Crippen molar-refractivity contribution in [2.24, 2.45) is 0 Å². The molecule has 0 saturated carbocycles. The number of amides is 2. The van der Waals surface area contributed by atoms with Gasteiger partial charge in [-0.1, -0.05) is 42.0 Å². The molecular formula is C19H20N2O4. The minimum absolute atomic E-state index is 0.200. The van der Waals surface area contributed by atoms with E-state index in [9.17, 15) is 9.59 Å². The van der Waals surface area contributed by atoms with Crippen LogP contribution in [0.2, 0.25) is 0 Å². The molecule has 6 heteroatoms. The van der Waals surface area contributed by atoms with E-state index in [0.29, 0.717) is 24.7 Å². The van der Waals surface area contributed by atoms with Crippen LogP contribution in [0.3, 0.4) is 0 Å². The van der Waals surface area contributed by atoms with E-state index >= 15 is 0 Å². The first kappa shape index (κ1) is 16.8. The lowest BCUT2D eigenvalue weighted by Gasteiger charge is -2.26. The zero-order valence-corrected chi connectivity index (χ0v) is 14.0. The molecule has 0 radical (unpaired) electrons. The van der Waals surface area contributed by atoms with Gasteiger partial charge in [-0.05, 0) is 24.6 Å². The van der Waals surface area contributed by atoms with Crippen molar-refractivity contribution >= 4 is 11.8 Å². The number of ether oxygens (including phenoxy) is 2. The Morgan fingerprint density at radius 3 is 2.44 bits per heavy atom. The van der Waals surface area contributed by atoms with Crippen LogP contribution >= 0.6 is 0 Å². The summed E-state index contributed by atoms with van der Waals surface area (Å²) in [5.74, 6) is -0.0370. The second-order valence-corrected chi connectivity index (χ2v) is 5.88. The summed E-state index contributed by atoms with van der Waals surface area (Å²) in [5, 5.41) is 5.17. The fraction of sp³-hybridized carbons (Fsp3) is 0.263. The van der Waals surface area contributed by atoms with Crippen LogP contribution in [0, 0.1) is 6.92 Å². The van der Waals surface area contributed by atoms with Gasteiger partial charge >= 0.3 is 11.8 Å². The largest absolute Gasteiger partial charge is 0.486 e. The van der Waals surface area contributed by atoms with Gasteiger partial charge in [-0.25, -0.2) is 0 Å². The molecule has 1 unspecified atom stereocenters. The zero-order valence-electron chi connectivity index (χ0n) is 14.0. The number of nitrogens with one attached hydrogen (secondary N) is 2. The van der Waals surface area contributed by atoms with E-state index in [0.717, 1.165) is 11.1 Å². The lowest BCUT2D eigenvalue weighted by molar-refractivity contribution is -0.139. The van der Waals surface area contributed by atoms with E-state index in [-0.39, 0.29) is 12.6 Å². The van der Waals surface area contributed by atoms with Crippen molar-refractivity contribution in [3.05, 3.63) is 59.7 Å². The predicted molar refractivity (Wildman–Crippen MR) is 92.4 cm³/mol. The second-order valence-electron chi connectivity index (χ2n) is 5.88. The Labute approximate surface area is 146 Å². The van der Waals surface area contributed by atoms with E-state index in [1.54, 1.807) is 6.07 Å². The highest BCUT2D eigenvalue weighted by atomic mass is 16.6. The van der Waals surface area contributed by atoms with Crippen LogP contribution in [-0.4, -0.2) is 31.1 Å². The van der Waals surface area contributed by atoms with Crippen LogP contribution < -0.4 is 20.1 Å². The minimum Gasteiger partial charge on any atom is -0.486 e. The molecule has 1 aliphatic heterocycles. The summed E-state index contributed by atoms with van der Waals surface area (Å²) >= 11 is 0. The van der Waals surface area contributed by atoms with Gasteiger partial charge in [0.15, 0.2) is 11.5 Å². The van der Waals surface area contributed by atoms with Crippen LogP contribution in [0.15, 0.2) is 48.5 Å². The first-order valence-corrected chi connectivity index (χ1v) is 8.12. The number of rotatable bonds is 4. The Morgan fingerprint density at radius 2 is 1.68 bits per heavy atom. The monoisotopic (exact) mass is 340 g/mol. The molecule has 1 atom stereocenters. The molecule has 3 rings (SSSR count). The molecule has 0 saturated heterocycles. The summed E-state index contributed by atoms with van der Waals surface area (Å²) in [6.07, 6.45) is -0.330. The first-order chi connectivity index (χ1) is 12.1. The van der Waals surface area contributed by atoms with Gasteiger partial charge in [-0.2, -0.15) is 0 Å². The van der Waals surface area contributed by atoms with Gasteiger partial charge in [0, 0.05) is 6.54 Å². The van der Waals surface area contributed by atoms with E-state index < -0.39 is 11.8 Å². The van der Waals surface area contributed by atoms with Crippen LogP contribution in [0.4, 0.5) is 0 Å². The number of hydrogen-bond acceptors (Lipinski definition) is 4. The lowest BCUT2D eigenvalue weighted by atomic mass is 10.1.